The Morgan fingerprint density at radius 1 is 1.19 bits per heavy atom. The number of hydrogen-bond donors (Lipinski definition) is 0. The van der Waals surface area contributed by atoms with Crippen molar-refractivity contribution in [3.8, 4) is 11.8 Å². The van der Waals surface area contributed by atoms with Gasteiger partial charge < -0.3 is 9.47 Å². The van der Waals surface area contributed by atoms with E-state index >= 15 is 0 Å². The first-order chi connectivity index (χ1) is 9.49. The van der Waals surface area contributed by atoms with Crippen LogP contribution >= 0.6 is 0 Å². The minimum absolute atomic E-state index is 0.119. The second-order valence-corrected chi connectivity index (χ2v) is 3.55. The molecule has 0 aliphatic heterocycles. The number of nitrogens with zero attached hydrogens (tertiary/aromatic N) is 1. The zero-order chi connectivity index (χ0) is 16.4. The number of ether oxygens (including phenoxy) is 2. The minimum Gasteiger partial charge on any atom is -0.465 e. The second kappa shape index (κ2) is 5.51. The molecule has 0 radical (unpaired) electrons. The predicted molar refractivity (Wildman–Crippen MR) is 54.2 cm³/mol. The maximum absolute atomic E-state index is 12.8. The molecule has 4 nitrogen and oxygen atoms in total. The molecule has 0 heterocycles. The maximum atomic E-state index is 12.8. The van der Waals surface area contributed by atoms with Crippen LogP contribution in [0.15, 0.2) is 12.1 Å². The molecule has 1 aromatic rings. The van der Waals surface area contributed by atoms with Crippen molar-refractivity contribution in [1.29, 1.82) is 5.26 Å². The fourth-order valence-corrected chi connectivity index (χ4v) is 1.38. The van der Waals surface area contributed by atoms with Crippen LogP contribution in [0, 0.1) is 11.3 Å². The van der Waals surface area contributed by atoms with E-state index in [1.165, 1.54) is 0 Å². The normalized spacial score (nSPS) is 11.7. The number of esters is 1. The summed E-state index contributed by atoms with van der Waals surface area (Å²) in [4.78, 5) is 11.2. The number of nitriles is 1. The van der Waals surface area contributed by atoms with Gasteiger partial charge in [-0.15, -0.1) is 13.2 Å². The van der Waals surface area contributed by atoms with Gasteiger partial charge in [0, 0.05) is 0 Å². The van der Waals surface area contributed by atoms with Crippen LogP contribution in [-0.4, -0.2) is 19.4 Å². The van der Waals surface area contributed by atoms with E-state index in [0.29, 0.717) is 6.07 Å². The third-order valence-electron chi connectivity index (χ3n) is 2.15. The van der Waals surface area contributed by atoms with Crippen molar-refractivity contribution in [3.05, 3.63) is 28.8 Å². The summed E-state index contributed by atoms with van der Waals surface area (Å²) in [6.45, 7) is 0. The van der Waals surface area contributed by atoms with Crippen LogP contribution in [0.25, 0.3) is 0 Å². The SMILES string of the molecule is COC(=O)c1cc(C#N)c(OC(F)(F)F)c(C(F)(F)F)c1. The van der Waals surface area contributed by atoms with Crippen molar-refractivity contribution in [2.75, 3.05) is 7.11 Å². The molecule has 0 amide bonds. The zero-order valence-electron chi connectivity index (χ0n) is 10.1. The Morgan fingerprint density at radius 3 is 2.14 bits per heavy atom. The molecule has 0 atom stereocenters. The van der Waals surface area contributed by atoms with Gasteiger partial charge in [-0.1, -0.05) is 0 Å². The molecule has 1 rings (SSSR count). The van der Waals surface area contributed by atoms with Gasteiger partial charge in [-0.05, 0) is 12.1 Å². The molecule has 0 aliphatic carbocycles. The van der Waals surface area contributed by atoms with E-state index in [1.807, 2.05) is 0 Å². The first-order valence-electron chi connectivity index (χ1n) is 4.99. The van der Waals surface area contributed by atoms with E-state index in [4.69, 9.17) is 5.26 Å². The first kappa shape index (κ1) is 16.6. The summed E-state index contributed by atoms with van der Waals surface area (Å²) in [7, 11) is 0.863. The van der Waals surface area contributed by atoms with Crippen LogP contribution in [0.2, 0.25) is 0 Å². The Hall–Kier alpha value is -2.44. The third-order valence-corrected chi connectivity index (χ3v) is 2.15. The van der Waals surface area contributed by atoms with Crippen LogP contribution in [0.5, 0.6) is 5.75 Å². The highest BCUT2D eigenvalue weighted by molar-refractivity contribution is 5.90. The van der Waals surface area contributed by atoms with Gasteiger partial charge in [-0.3, -0.25) is 0 Å². The number of rotatable bonds is 2. The van der Waals surface area contributed by atoms with Gasteiger partial charge in [0.25, 0.3) is 0 Å². The molecule has 0 aliphatic rings. The Bertz CT molecular complexity index is 600. The lowest BCUT2D eigenvalue weighted by Gasteiger charge is -2.17. The summed E-state index contributed by atoms with van der Waals surface area (Å²) in [6.07, 6.45) is -10.7. The number of carbonyl (C=O) groups is 1. The van der Waals surface area contributed by atoms with Crippen molar-refractivity contribution >= 4 is 5.97 Å². The summed E-state index contributed by atoms with van der Waals surface area (Å²) in [5, 5.41) is 8.67. The van der Waals surface area contributed by atoms with Gasteiger partial charge >= 0.3 is 18.5 Å². The minimum atomic E-state index is -5.43. The molecule has 0 N–H and O–H groups in total. The molecule has 10 heteroatoms. The van der Waals surface area contributed by atoms with E-state index in [0.717, 1.165) is 13.2 Å². The van der Waals surface area contributed by atoms with Gasteiger partial charge in [0.1, 0.15) is 11.6 Å². The van der Waals surface area contributed by atoms with E-state index in [2.05, 4.69) is 9.47 Å². The number of benzene rings is 1. The topological polar surface area (TPSA) is 59.3 Å². The quantitative estimate of drug-likeness (QED) is 0.621. The fraction of sp³-hybridized carbons (Fsp3) is 0.273. The van der Waals surface area contributed by atoms with Crippen LogP contribution < -0.4 is 4.74 Å². The predicted octanol–water partition coefficient (Wildman–Crippen LogP) is 3.26. The summed E-state index contributed by atoms with van der Waals surface area (Å²) in [5.74, 6) is -2.96. The molecule has 1 aromatic carbocycles. The second-order valence-electron chi connectivity index (χ2n) is 3.55. The van der Waals surface area contributed by atoms with Gasteiger partial charge in [-0.2, -0.15) is 18.4 Å². The first-order valence-corrected chi connectivity index (χ1v) is 4.99. The highest BCUT2D eigenvalue weighted by Crippen LogP contribution is 2.41. The van der Waals surface area contributed by atoms with E-state index in [1.54, 1.807) is 0 Å². The monoisotopic (exact) mass is 313 g/mol. The molecule has 0 spiro atoms. The smallest absolute Gasteiger partial charge is 0.465 e. The lowest BCUT2D eigenvalue weighted by molar-refractivity contribution is -0.276. The lowest BCUT2D eigenvalue weighted by atomic mass is 10.0. The van der Waals surface area contributed by atoms with Gasteiger partial charge in [0.2, 0.25) is 0 Å². The van der Waals surface area contributed by atoms with Crippen molar-refractivity contribution in [1.82, 2.24) is 0 Å². The number of methoxy groups -OCH3 is 1. The summed E-state index contributed by atoms with van der Waals surface area (Å²) in [6, 6.07) is 1.75. The third kappa shape index (κ3) is 4.01. The van der Waals surface area contributed by atoms with Crippen molar-refractivity contribution < 1.29 is 40.6 Å². The highest BCUT2D eigenvalue weighted by atomic mass is 19.4. The van der Waals surface area contributed by atoms with Crippen LogP contribution in [-0.2, 0) is 10.9 Å². The van der Waals surface area contributed by atoms with Crippen LogP contribution in [0.3, 0.4) is 0 Å². The highest BCUT2D eigenvalue weighted by Gasteiger charge is 2.41. The molecular weight excluding hydrogens is 308 g/mol. The van der Waals surface area contributed by atoms with Gasteiger partial charge in [0.05, 0.1) is 18.2 Å². The van der Waals surface area contributed by atoms with Crippen LogP contribution in [0.1, 0.15) is 21.5 Å². The molecule has 0 aromatic heterocycles. The molecule has 21 heavy (non-hydrogen) atoms. The fourth-order valence-electron chi connectivity index (χ4n) is 1.38. The summed E-state index contributed by atoms with van der Waals surface area (Å²) in [5.41, 5.74) is -3.72. The molecule has 0 saturated heterocycles. The zero-order valence-corrected chi connectivity index (χ0v) is 10.1. The Morgan fingerprint density at radius 2 is 1.76 bits per heavy atom. The van der Waals surface area contributed by atoms with Crippen molar-refractivity contribution in [2.45, 2.75) is 12.5 Å². The number of alkyl halides is 6. The van der Waals surface area contributed by atoms with Crippen molar-refractivity contribution in [3.63, 3.8) is 0 Å². The summed E-state index contributed by atoms with van der Waals surface area (Å²) < 4.78 is 82.2. The van der Waals surface area contributed by atoms with Gasteiger partial charge in [-0.25, -0.2) is 4.79 Å². The standard InChI is InChI=1S/C11H5F6NO3/c1-20-9(19)5-2-6(4-18)8(21-11(15,16)17)7(3-5)10(12,13)14/h2-3H,1H3. The van der Waals surface area contributed by atoms with Crippen molar-refractivity contribution in [2.24, 2.45) is 0 Å². The summed E-state index contributed by atoms with van der Waals surface area (Å²) >= 11 is 0. The van der Waals surface area contributed by atoms with E-state index in [-0.39, 0.29) is 6.07 Å². The average Bonchev–Trinajstić information content (AvgIpc) is 2.34. The lowest BCUT2D eigenvalue weighted by Crippen LogP contribution is -2.21. The van der Waals surface area contributed by atoms with Crippen LogP contribution in [0.4, 0.5) is 26.3 Å². The van der Waals surface area contributed by atoms with E-state index in [9.17, 15) is 31.1 Å². The molecule has 114 valence electrons. The Kier molecular flexibility index (Phi) is 4.36. The average molecular weight is 313 g/mol. The maximum Gasteiger partial charge on any atom is 0.573 e. The largest absolute Gasteiger partial charge is 0.573 e. The Labute approximate surface area is 113 Å². The number of carbonyl (C=O) groups excluding carboxylic acids is 1. The van der Waals surface area contributed by atoms with E-state index < -0.39 is 40.9 Å². The number of hydrogen-bond acceptors (Lipinski definition) is 4. The molecule has 0 unspecified atom stereocenters. The molecule has 0 bridgehead atoms. The van der Waals surface area contributed by atoms with Gasteiger partial charge in [0.15, 0.2) is 5.75 Å². The Balaban J connectivity index is 3.61. The molecule has 0 saturated carbocycles. The molecular formula is C11H5F6NO3. The molecule has 0 fully saturated rings. The number of halogens is 6.